The van der Waals surface area contributed by atoms with Gasteiger partial charge in [0.25, 0.3) is 0 Å². The standard InChI is InChI=1S/C19H11F3N2O/c1-2-13-6-3-4-7-15(13)16-8-5-11-23-18(16)25-14-9-10-17(24-12-14)19(20,21)22/h1,3-12H. The van der Waals surface area contributed by atoms with Crippen LogP contribution in [0.25, 0.3) is 11.1 Å². The number of ether oxygens (including phenoxy) is 1. The molecule has 0 radical (unpaired) electrons. The molecule has 2 heterocycles. The fourth-order valence-corrected chi connectivity index (χ4v) is 2.24. The summed E-state index contributed by atoms with van der Waals surface area (Å²) in [4.78, 5) is 7.53. The topological polar surface area (TPSA) is 35.0 Å². The molecule has 0 atom stereocenters. The minimum Gasteiger partial charge on any atom is -0.437 e. The van der Waals surface area contributed by atoms with E-state index in [-0.39, 0.29) is 11.6 Å². The Morgan fingerprint density at radius 1 is 0.920 bits per heavy atom. The molecule has 0 N–H and O–H groups in total. The number of halogens is 3. The van der Waals surface area contributed by atoms with Crippen LogP contribution in [0.3, 0.4) is 0 Å². The van der Waals surface area contributed by atoms with Crippen LogP contribution in [-0.4, -0.2) is 9.97 Å². The zero-order valence-electron chi connectivity index (χ0n) is 12.8. The molecular weight excluding hydrogens is 329 g/mol. The molecule has 0 aliphatic carbocycles. The maximum atomic E-state index is 12.6. The summed E-state index contributed by atoms with van der Waals surface area (Å²) in [5.74, 6) is 2.96. The Balaban J connectivity index is 1.96. The largest absolute Gasteiger partial charge is 0.437 e. The fraction of sp³-hybridized carbons (Fsp3) is 0.0526. The second kappa shape index (κ2) is 6.65. The average Bonchev–Trinajstić information content (AvgIpc) is 2.62. The van der Waals surface area contributed by atoms with Crippen molar-refractivity contribution in [2.45, 2.75) is 6.18 Å². The van der Waals surface area contributed by atoms with E-state index in [2.05, 4.69) is 15.9 Å². The van der Waals surface area contributed by atoms with E-state index in [4.69, 9.17) is 11.2 Å². The Morgan fingerprint density at radius 2 is 1.68 bits per heavy atom. The summed E-state index contributed by atoms with van der Waals surface area (Å²) in [6, 6.07) is 12.8. The van der Waals surface area contributed by atoms with Crippen molar-refractivity contribution in [1.82, 2.24) is 9.97 Å². The molecule has 3 aromatic rings. The number of alkyl halides is 3. The minimum atomic E-state index is -4.50. The van der Waals surface area contributed by atoms with Crippen molar-refractivity contribution in [2.24, 2.45) is 0 Å². The van der Waals surface area contributed by atoms with Crippen LogP contribution < -0.4 is 4.74 Å². The summed E-state index contributed by atoms with van der Waals surface area (Å²) in [5, 5.41) is 0. The van der Waals surface area contributed by atoms with Crippen LogP contribution in [0.1, 0.15) is 11.3 Å². The Morgan fingerprint density at radius 3 is 2.36 bits per heavy atom. The quantitative estimate of drug-likeness (QED) is 0.634. The van der Waals surface area contributed by atoms with Gasteiger partial charge in [0.1, 0.15) is 11.4 Å². The van der Waals surface area contributed by atoms with E-state index in [0.717, 1.165) is 17.8 Å². The predicted octanol–water partition coefficient (Wildman–Crippen LogP) is 4.94. The van der Waals surface area contributed by atoms with Crippen LogP contribution in [0.4, 0.5) is 13.2 Å². The maximum Gasteiger partial charge on any atom is 0.433 e. The molecule has 25 heavy (non-hydrogen) atoms. The van der Waals surface area contributed by atoms with E-state index in [1.165, 1.54) is 12.3 Å². The van der Waals surface area contributed by atoms with Gasteiger partial charge in [0.2, 0.25) is 5.88 Å². The van der Waals surface area contributed by atoms with Gasteiger partial charge in [-0.25, -0.2) is 9.97 Å². The maximum absolute atomic E-state index is 12.6. The summed E-state index contributed by atoms with van der Waals surface area (Å²) in [6.45, 7) is 0. The highest BCUT2D eigenvalue weighted by Gasteiger charge is 2.32. The molecule has 0 aliphatic heterocycles. The molecule has 0 bridgehead atoms. The van der Waals surface area contributed by atoms with Crippen LogP contribution in [0.15, 0.2) is 60.9 Å². The van der Waals surface area contributed by atoms with Crippen molar-refractivity contribution in [3.05, 3.63) is 72.2 Å². The van der Waals surface area contributed by atoms with Gasteiger partial charge in [-0.1, -0.05) is 24.1 Å². The molecule has 0 amide bonds. The van der Waals surface area contributed by atoms with Crippen molar-refractivity contribution in [1.29, 1.82) is 0 Å². The van der Waals surface area contributed by atoms with Gasteiger partial charge in [-0.05, 0) is 30.3 Å². The fourth-order valence-electron chi connectivity index (χ4n) is 2.24. The first-order valence-corrected chi connectivity index (χ1v) is 7.21. The second-order valence-electron chi connectivity index (χ2n) is 5.02. The van der Waals surface area contributed by atoms with E-state index < -0.39 is 11.9 Å². The molecule has 2 aromatic heterocycles. The first kappa shape index (κ1) is 16.5. The Labute approximate surface area is 142 Å². The van der Waals surface area contributed by atoms with Crippen molar-refractivity contribution in [2.75, 3.05) is 0 Å². The SMILES string of the molecule is C#Cc1ccccc1-c1cccnc1Oc1ccc(C(F)(F)F)nc1. The lowest BCUT2D eigenvalue weighted by molar-refractivity contribution is -0.141. The monoisotopic (exact) mass is 340 g/mol. The van der Waals surface area contributed by atoms with Gasteiger partial charge >= 0.3 is 6.18 Å². The van der Waals surface area contributed by atoms with E-state index in [0.29, 0.717) is 11.1 Å². The number of terminal acetylenes is 1. The molecule has 0 spiro atoms. The zero-order chi connectivity index (χ0) is 17.9. The summed E-state index contributed by atoms with van der Waals surface area (Å²) in [7, 11) is 0. The van der Waals surface area contributed by atoms with Crippen LogP contribution in [0, 0.1) is 12.3 Å². The first-order chi connectivity index (χ1) is 12.0. The third-order valence-electron chi connectivity index (χ3n) is 3.39. The molecule has 0 unspecified atom stereocenters. The highest BCUT2D eigenvalue weighted by Crippen LogP contribution is 2.34. The van der Waals surface area contributed by atoms with Crippen molar-refractivity contribution in [3.63, 3.8) is 0 Å². The minimum absolute atomic E-state index is 0.145. The van der Waals surface area contributed by atoms with Gasteiger partial charge < -0.3 is 4.74 Å². The van der Waals surface area contributed by atoms with Gasteiger partial charge in [0.15, 0.2) is 0 Å². The number of hydrogen-bond donors (Lipinski definition) is 0. The van der Waals surface area contributed by atoms with Crippen molar-refractivity contribution < 1.29 is 17.9 Å². The molecule has 0 saturated heterocycles. The molecule has 3 nitrogen and oxygen atoms in total. The van der Waals surface area contributed by atoms with Gasteiger partial charge in [-0.15, -0.1) is 6.42 Å². The molecule has 124 valence electrons. The van der Waals surface area contributed by atoms with E-state index in [1.807, 2.05) is 18.2 Å². The number of nitrogens with zero attached hydrogens (tertiary/aromatic N) is 2. The summed E-state index contributed by atoms with van der Waals surface area (Å²) >= 11 is 0. The van der Waals surface area contributed by atoms with E-state index in [1.54, 1.807) is 18.2 Å². The van der Waals surface area contributed by atoms with Crippen molar-refractivity contribution >= 4 is 0 Å². The van der Waals surface area contributed by atoms with Gasteiger partial charge in [0.05, 0.1) is 6.20 Å². The lowest BCUT2D eigenvalue weighted by atomic mass is 10.0. The Kier molecular flexibility index (Phi) is 4.40. The smallest absolute Gasteiger partial charge is 0.433 e. The lowest BCUT2D eigenvalue weighted by Gasteiger charge is -2.12. The third kappa shape index (κ3) is 3.61. The number of aromatic nitrogens is 2. The third-order valence-corrected chi connectivity index (χ3v) is 3.39. The molecule has 0 fully saturated rings. The lowest BCUT2D eigenvalue weighted by Crippen LogP contribution is -2.07. The predicted molar refractivity (Wildman–Crippen MR) is 86.9 cm³/mol. The molecule has 3 rings (SSSR count). The number of hydrogen-bond acceptors (Lipinski definition) is 3. The van der Waals surface area contributed by atoms with Crippen LogP contribution in [-0.2, 0) is 6.18 Å². The van der Waals surface area contributed by atoms with Gasteiger partial charge in [-0.3, -0.25) is 0 Å². The number of pyridine rings is 2. The summed E-state index contributed by atoms with van der Waals surface area (Å²) in [5.41, 5.74) is 1.05. The Hall–Kier alpha value is -3.33. The molecule has 0 aliphatic rings. The van der Waals surface area contributed by atoms with E-state index in [9.17, 15) is 13.2 Å². The molecule has 0 saturated carbocycles. The van der Waals surface area contributed by atoms with E-state index >= 15 is 0 Å². The molecular formula is C19H11F3N2O. The summed E-state index contributed by atoms with van der Waals surface area (Å²) in [6.07, 6.45) is 3.55. The average molecular weight is 340 g/mol. The molecule has 6 heteroatoms. The first-order valence-electron chi connectivity index (χ1n) is 7.21. The van der Waals surface area contributed by atoms with Gasteiger partial charge in [0, 0.05) is 22.9 Å². The van der Waals surface area contributed by atoms with Crippen LogP contribution in [0.2, 0.25) is 0 Å². The Bertz CT molecular complexity index is 928. The highest BCUT2D eigenvalue weighted by atomic mass is 19.4. The number of rotatable bonds is 3. The van der Waals surface area contributed by atoms with Gasteiger partial charge in [-0.2, -0.15) is 13.2 Å². The second-order valence-corrected chi connectivity index (χ2v) is 5.02. The zero-order valence-corrected chi connectivity index (χ0v) is 12.8. The summed E-state index contributed by atoms with van der Waals surface area (Å²) < 4.78 is 43.4. The van der Waals surface area contributed by atoms with Crippen LogP contribution in [0.5, 0.6) is 11.6 Å². The van der Waals surface area contributed by atoms with Crippen LogP contribution >= 0.6 is 0 Å². The normalized spacial score (nSPS) is 11.0. The highest BCUT2D eigenvalue weighted by molar-refractivity contribution is 5.74. The molecule has 1 aromatic carbocycles. The van der Waals surface area contributed by atoms with Crippen molar-refractivity contribution in [3.8, 4) is 35.1 Å². The number of benzene rings is 1.